The van der Waals surface area contributed by atoms with Gasteiger partial charge in [0.2, 0.25) is 15.9 Å². The minimum Gasteiger partial charge on any atom is -0.455 e. The molecule has 0 heterocycles. The molecule has 3 aromatic rings. The van der Waals surface area contributed by atoms with Crippen LogP contribution >= 0.6 is 0 Å². The molecule has 0 saturated carbocycles. The molecule has 3 aromatic carbocycles. The number of sulfonamides is 1. The highest BCUT2D eigenvalue weighted by molar-refractivity contribution is 7.92. The molecule has 0 aromatic heterocycles. The molecule has 1 atom stereocenters. The lowest BCUT2D eigenvalue weighted by molar-refractivity contribution is -0.120. The fourth-order valence-electron chi connectivity index (χ4n) is 3.52. The fraction of sp³-hybridized carbons (Fsp3) is 0.296. The molecule has 1 unspecified atom stereocenters. The van der Waals surface area contributed by atoms with E-state index in [-0.39, 0.29) is 18.0 Å². The smallest absolute Gasteiger partial charge is 0.241 e. The Morgan fingerprint density at radius 2 is 1.53 bits per heavy atom. The van der Waals surface area contributed by atoms with Crippen molar-refractivity contribution in [2.45, 2.75) is 39.2 Å². The summed E-state index contributed by atoms with van der Waals surface area (Å²) in [5.41, 5.74) is 2.48. The number of rotatable bonds is 8. The third-order valence-electron chi connectivity index (χ3n) is 5.45. The molecule has 0 bridgehead atoms. The summed E-state index contributed by atoms with van der Waals surface area (Å²) in [4.78, 5) is 12.9. The second kappa shape index (κ2) is 10.3. The lowest BCUT2D eigenvalue weighted by atomic mass is 9.86. The van der Waals surface area contributed by atoms with E-state index in [0.717, 1.165) is 16.1 Å². The molecule has 0 saturated heterocycles. The van der Waals surface area contributed by atoms with E-state index in [1.165, 1.54) is 5.56 Å². The number of carbonyl (C=O) groups is 1. The second-order valence-corrected chi connectivity index (χ2v) is 11.2. The number of carbonyl (C=O) groups excluding carboxylic acids is 1. The predicted molar refractivity (Wildman–Crippen MR) is 137 cm³/mol. The zero-order valence-corrected chi connectivity index (χ0v) is 21.1. The summed E-state index contributed by atoms with van der Waals surface area (Å²) in [6.45, 7) is 7.95. The molecule has 1 amide bonds. The molecular weight excluding hydrogens is 448 g/mol. The number of para-hydroxylation sites is 3. The van der Waals surface area contributed by atoms with Gasteiger partial charge in [-0.3, -0.25) is 9.10 Å². The maximum atomic E-state index is 12.9. The van der Waals surface area contributed by atoms with Gasteiger partial charge in [-0.25, -0.2) is 8.42 Å². The second-order valence-electron chi connectivity index (χ2n) is 9.31. The lowest BCUT2D eigenvalue weighted by Gasteiger charge is -2.25. The van der Waals surface area contributed by atoms with E-state index < -0.39 is 15.9 Å². The van der Waals surface area contributed by atoms with E-state index >= 15 is 0 Å². The maximum absolute atomic E-state index is 12.9. The minimum absolute atomic E-state index is 0.0379. The van der Waals surface area contributed by atoms with Gasteiger partial charge in [0, 0.05) is 0 Å². The number of hydrogen-bond acceptors (Lipinski definition) is 4. The summed E-state index contributed by atoms with van der Waals surface area (Å²) in [5, 5.41) is 2.91. The summed E-state index contributed by atoms with van der Waals surface area (Å²) < 4.78 is 32.3. The Morgan fingerprint density at radius 3 is 2.12 bits per heavy atom. The molecule has 0 aliphatic heterocycles. The first-order valence-electron chi connectivity index (χ1n) is 11.1. The van der Waals surface area contributed by atoms with Gasteiger partial charge in [-0.05, 0) is 47.7 Å². The highest BCUT2D eigenvalue weighted by Gasteiger charge is 2.25. The molecular formula is C27H32N2O4S. The lowest BCUT2D eigenvalue weighted by Crippen LogP contribution is -2.41. The minimum atomic E-state index is -3.76. The number of amides is 1. The highest BCUT2D eigenvalue weighted by Crippen LogP contribution is 2.33. The van der Waals surface area contributed by atoms with Crippen molar-refractivity contribution in [3.05, 3.63) is 90.0 Å². The van der Waals surface area contributed by atoms with Crippen LogP contribution in [0.5, 0.6) is 11.5 Å². The predicted octanol–water partition coefficient (Wildman–Crippen LogP) is 5.42. The SMILES string of the molecule is CC(NC(=O)CN(c1ccccc1Oc1ccccc1)S(C)(=O)=O)c1ccc(C(C)(C)C)cc1. The quantitative estimate of drug-likeness (QED) is 0.467. The molecule has 0 aliphatic rings. The van der Waals surface area contributed by atoms with Crippen LogP contribution in [-0.2, 0) is 20.2 Å². The van der Waals surface area contributed by atoms with Crippen molar-refractivity contribution in [3.63, 3.8) is 0 Å². The first-order valence-corrected chi connectivity index (χ1v) is 13.0. The van der Waals surface area contributed by atoms with Gasteiger partial charge in [-0.15, -0.1) is 0 Å². The van der Waals surface area contributed by atoms with Gasteiger partial charge >= 0.3 is 0 Å². The van der Waals surface area contributed by atoms with Gasteiger partial charge < -0.3 is 10.1 Å². The zero-order valence-electron chi connectivity index (χ0n) is 20.3. The molecule has 0 aliphatic carbocycles. The van der Waals surface area contributed by atoms with Gasteiger partial charge in [-0.2, -0.15) is 0 Å². The first kappa shape index (κ1) is 25.3. The van der Waals surface area contributed by atoms with Crippen molar-refractivity contribution < 1.29 is 17.9 Å². The Bertz CT molecular complexity index is 1220. The third-order valence-corrected chi connectivity index (χ3v) is 6.57. The van der Waals surface area contributed by atoms with Gasteiger partial charge in [0.15, 0.2) is 5.75 Å². The fourth-order valence-corrected chi connectivity index (χ4v) is 4.38. The largest absolute Gasteiger partial charge is 0.455 e. The summed E-state index contributed by atoms with van der Waals surface area (Å²) in [5.74, 6) is 0.505. The molecule has 3 rings (SSSR count). The Hall–Kier alpha value is -3.32. The number of benzene rings is 3. The number of nitrogens with one attached hydrogen (secondary N) is 1. The normalized spacial score (nSPS) is 12.6. The van der Waals surface area contributed by atoms with Crippen molar-refractivity contribution in [2.24, 2.45) is 0 Å². The highest BCUT2D eigenvalue weighted by atomic mass is 32.2. The van der Waals surface area contributed by atoms with E-state index in [1.54, 1.807) is 36.4 Å². The molecule has 0 spiro atoms. The molecule has 180 valence electrons. The van der Waals surface area contributed by atoms with Gasteiger partial charge in [-0.1, -0.05) is 75.4 Å². The standard InChI is InChI=1S/C27H32N2O4S/c1-20(21-15-17-22(18-16-21)27(2,3)4)28-26(30)19-29(34(5,31)32)24-13-9-10-14-25(24)33-23-11-7-6-8-12-23/h6-18,20H,19H2,1-5H3,(H,28,30). The van der Waals surface area contributed by atoms with Crippen molar-refractivity contribution in [2.75, 3.05) is 17.1 Å². The molecule has 6 nitrogen and oxygen atoms in total. The van der Waals surface area contributed by atoms with Gasteiger partial charge in [0.25, 0.3) is 0 Å². The topological polar surface area (TPSA) is 75.7 Å². The number of hydrogen-bond donors (Lipinski definition) is 1. The first-order chi connectivity index (χ1) is 15.9. The maximum Gasteiger partial charge on any atom is 0.241 e. The Kier molecular flexibility index (Phi) is 7.67. The Balaban J connectivity index is 1.78. The number of anilines is 1. The van der Waals surface area contributed by atoms with Crippen LogP contribution in [0.15, 0.2) is 78.9 Å². The summed E-state index contributed by atoms with van der Waals surface area (Å²) in [6.07, 6.45) is 1.08. The molecule has 1 N–H and O–H groups in total. The monoisotopic (exact) mass is 480 g/mol. The number of ether oxygens (including phenoxy) is 1. The van der Waals surface area contributed by atoms with Crippen LogP contribution in [0.25, 0.3) is 0 Å². The van der Waals surface area contributed by atoms with Crippen LogP contribution in [0.3, 0.4) is 0 Å². The van der Waals surface area contributed by atoms with Crippen LogP contribution in [-0.4, -0.2) is 27.1 Å². The summed E-state index contributed by atoms with van der Waals surface area (Å²) in [6, 6.07) is 23.7. The van der Waals surface area contributed by atoms with Crippen molar-refractivity contribution in [3.8, 4) is 11.5 Å². The van der Waals surface area contributed by atoms with E-state index in [1.807, 2.05) is 37.3 Å². The van der Waals surface area contributed by atoms with Crippen LogP contribution in [0, 0.1) is 0 Å². The van der Waals surface area contributed by atoms with E-state index in [0.29, 0.717) is 17.2 Å². The van der Waals surface area contributed by atoms with Crippen LogP contribution in [0.1, 0.15) is 44.9 Å². The molecule has 0 fully saturated rings. The van der Waals surface area contributed by atoms with Crippen LogP contribution < -0.4 is 14.4 Å². The molecule has 0 radical (unpaired) electrons. The van der Waals surface area contributed by atoms with Crippen molar-refractivity contribution in [1.82, 2.24) is 5.32 Å². The zero-order chi connectivity index (χ0) is 24.9. The van der Waals surface area contributed by atoms with Gasteiger partial charge in [0.1, 0.15) is 12.3 Å². The molecule has 7 heteroatoms. The third kappa shape index (κ3) is 6.60. The summed E-state index contributed by atoms with van der Waals surface area (Å²) >= 11 is 0. The van der Waals surface area contributed by atoms with Crippen molar-refractivity contribution >= 4 is 21.6 Å². The van der Waals surface area contributed by atoms with Crippen LogP contribution in [0.4, 0.5) is 5.69 Å². The number of nitrogens with zero attached hydrogens (tertiary/aromatic N) is 1. The Morgan fingerprint density at radius 1 is 0.941 bits per heavy atom. The average Bonchev–Trinajstić information content (AvgIpc) is 2.77. The average molecular weight is 481 g/mol. The molecule has 34 heavy (non-hydrogen) atoms. The van der Waals surface area contributed by atoms with Crippen molar-refractivity contribution in [1.29, 1.82) is 0 Å². The van der Waals surface area contributed by atoms with E-state index in [4.69, 9.17) is 4.74 Å². The van der Waals surface area contributed by atoms with E-state index in [2.05, 4.69) is 38.2 Å². The van der Waals surface area contributed by atoms with E-state index in [9.17, 15) is 13.2 Å². The summed E-state index contributed by atoms with van der Waals surface area (Å²) in [7, 11) is -3.76. The van der Waals surface area contributed by atoms with Gasteiger partial charge in [0.05, 0.1) is 18.0 Å². The Labute approximate surface area is 202 Å². The van der Waals surface area contributed by atoms with Crippen LogP contribution in [0.2, 0.25) is 0 Å².